The summed E-state index contributed by atoms with van der Waals surface area (Å²) >= 11 is 0. The quantitative estimate of drug-likeness (QED) is 0.789. The Kier molecular flexibility index (Phi) is 3.17. The molecule has 0 saturated carbocycles. The summed E-state index contributed by atoms with van der Waals surface area (Å²) in [5.41, 5.74) is 1.56. The Bertz CT molecular complexity index is 538. The molecule has 1 aromatic rings. The summed E-state index contributed by atoms with van der Waals surface area (Å²) in [7, 11) is -3.47. The second kappa shape index (κ2) is 4.46. The van der Waals surface area contributed by atoms with Crippen LogP contribution in [0.25, 0.3) is 0 Å². The number of rotatable bonds is 3. The summed E-state index contributed by atoms with van der Waals surface area (Å²) in [5.74, 6) is -0.186. The van der Waals surface area contributed by atoms with E-state index < -0.39 is 10.1 Å². The molecular formula is C11H13NO4S. The lowest BCUT2D eigenvalue weighted by Gasteiger charge is -2.24. The van der Waals surface area contributed by atoms with Gasteiger partial charge in [0.25, 0.3) is 16.0 Å². The second-order valence-electron chi connectivity index (χ2n) is 4.02. The summed E-state index contributed by atoms with van der Waals surface area (Å²) in [6.07, 6.45) is 1.57. The second-order valence-corrected chi connectivity index (χ2v) is 5.66. The lowest BCUT2D eigenvalue weighted by molar-refractivity contribution is 0.0908. The van der Waals surface area contributed by atoms with Crippen molar-refractivity contribution in [3.63, 3.8) is 0 Å². The van der Waals surface area contributed by atoms with Crippen LogP contribution in [0, 0.1) is 0 Å². The first-order valence-electron chi connectivity index (χ1n) is 5.19. The van der Waals surface area contributed by atoms with E-state index in [4.69, 9.17) is 0 Å². The van der Waals surface area contributed by atoms with Gasteiger partial charge in [-0.05, 0) is 18.1 Å². The average molecular weight is 255 g/mol. The Hall–Kier alpha value is -1.40. The zero-order valence-electron chi connectivity index (χ0n) is 9.34. The number of amides is 1. The van der Waals surface area contributed by atoms with Crippen LogP contribution in [0.5, 0.6) is 0 Å². The van der Waals surface area contributed by atoms with Gasteiger partial charge in [0.1, 0.15) is 0 Å². The largest absolute Gasteiger partial charge is 0.347 e. The van der Waals surface area contributed by atoms with E-state index in [2.05, 4.69) is 9.50 Å². The Morgan fingerprint density at radius 2 is 2.12 bits per heavy atom. The van der Waals surface area contributed by atoms with Crippen molar-refractivity contribution in [1.82, 2.24) is 5.32 Å². The molecule has 1 atom stereocenters. The van der Waals surface area contributed by atoms with Crippen molar-refractivity contribution in [3.8, 4) is 0 Å². The minimum absolute atomic E-state index is 0.0289. The molecule has 1 heterocycles. The lowest BCUT2D eigenvalue weighted by atomic mass is 9.96. The molecule has 17 heavy (non-hydrogen) atoms. The summed E-state index contributed by atoms with van der Waals surface area (Å²) in [6.45, 7) is -0.0289. The van der Waals surface area contributed by atoms with Crippen molar-refractivity contribution < 1.29 is 17.4 Å². The van der Waals surface area contributed by atoms with E-state index in [1.54, 1.807) is 12.1 Å². The van der Waals surface area contributed by atoms with Crippen molar-refractivity contribution in [2.45, 2.75) is 12.5 Å². The third kappa shape index (κ3) is 3.04. The predicted octanol–water partition coefficient (Wildman–Crippen LogP) is 0.317. The zero-order chi connectivity index (χ0) is 12.5. The van der Waals surface area contributed by atoms with Gasteiger partial charge in [0.05, 0.1) is 18.9 Å². The van der Waals surface area contributed by atoms with Crippen molar-refractivity contribution in [2.24, 2.45) is 0 Å². The molecule has 1 N–H and O–H groups in total. The molecular weight excluding hydrogens is 242 g/mol. The molecule has 5 nitrogen and oxygen atoms in total. The maximum absolute atomic E-state index is 11.7. The standard InChI is InChI=1S/C11H13NO4S/c1-17(14,15)16-7-9-6-8-4-2-3-5-10(8)11(13)12-9/h2-5,9H,6-7H2,1H3,(H,12,13). The highest BCUT2D eigenvalue weighted by Crippen LogP contribution is 2.16. The van der Waals surface area contributed by atoms with Gasteiger partial charge in [-0.1, -0.05) is 18.2 Å². The Morgan fingerprint density at radius 1 is 1.41 bits per heavy atom. The third-order valence-electron chi connectivity index (χ3n) is 2.55. The molecule has 6 heteroatoms. The molecule has 0 aliphatic carbocycles. The fraction of sp³-hybridized carbons (Fsp3) is 0.364. The molecule has 0 aromatic heterocycles. The van der Waals surface area contributed by atoms with Crippen LogP contribution >= 0.6 is 0 Å². The monoisotopic (exact) mass is 255 g/mol. The number of carbonyl (C=O) groups excluding carboxylic acids is 1. The molecule has 1 aromatic carbocycles. The number of hydrogen-bond acceptors (Lipinski definition) is 4. The highest BCUT2D eigenvalue weighted by molar-refractivity contribution is 7.85. The molecule has 0 radical (unpaired) electrons. The van der Waals surface area contributed by atoms with E-state index in [1.807, 2.05) is 12.1 Å². The van der Waals surface area contributed by atoms with Crippen molar-refractivity contribution in [2.75, 3.05) is 12.9 Å². The fourth-order valence-corrected chi connectivity index (χ4v) is 2.22. The van der Waals surface area contributed by atoms with Gasteiger partial charge in [-0.25, -0.2) is 0 Å². The molecule has 1 unspecified atom stereocenters. The normalized spacial score (nSPS) is 19.6. The molecule has 0 saturated heterocycles. The number of fused-ring (bicyclic) bond motifs is 1. The third-order valence-corrected chi connectivity index (χ3v) is 3.11. The van der Waals surface area contributed by atoms with Gasteiger partial charge in [-0.3, -0.25) is 8.98 Å². The van der Waals surface area contributed by atoms with Crippen LogP contribution < -0.4 is 5.32 Å². The van der Waals surface area contributed by atoms with Crippen LogP contribution in [-0.2, 0) is 20.7 Å². The van der Waals surface area contributed by atoms with Crippen molar-refractivity contribution in [3.05, 3.63) is 35.4 Å². The Balaban J connectivity index is 2.09. The van der Waals surface area contributed by atoms with Gasteiger partial charge in [-0.15, -0.1) is 0 Å². The van der Waals surface area contributed by atoms with E-state index in [-0.39, 0.29) is 18.6 Å². The average Bonchev–Trinajstić information content (AvgIpc) is 2.26. The fourth-order valence-electron chi connectivity index (χ4n) is 1.81. The number of benzene rings is 1. The number of nitrogens with one attached hydrogen (secondary N) is 1. The van der Waals surface area contributed by atoms with Crippen LogP contribution in [0.2, 0.25) is 0 Å². The van der Waals surface area contributed by atoms with Crippen LogP contribution in [0.15, 0.2) is 24.3 Å². The SMILES string of the molecule is CS(=O)(=O)OCC1Cc2ccccc2C(=O)N1. The van der Waals surface area contributed by atoms with E-state index >= 15 is 0 Å². The van der Waals surface area contributed by atoms with Crippen LogP contribution in [0.4, 0.5) is 0 Å². The highest BCUT2D eigenvalue weighted by atomic mass is 32.2. The first-order valence-corrected chi connectivity index (χ1v) is 7.00. The predicted molar refractivity (Wildman–Crippen MR) is 62.2 cm³/mol. The first-order chi connectivity index (χ1) is 7.96. The molecule has 1 aliphatic rings. The van der Waals surface area contributed by atoms with E-state index in [1.165, 1.54) is 0 Å². The van der Waals surface area contributed by atoms with Crippen molar-refractivity contribution in [1.29, 1.82) is 0 Å². The zero-order valence-corrected chi connectivity index (χ0v) is 10.2. The van der Waals surface area contributed by atoms with Crippen molar-refractivity contribution >= 4 is 16.0 Å². The molecule has 0 spiro atoms. The minimum Gasteiger partial charge on any atom is -0.347 e. The summed E-state index contributed by atoms with van der Waals surface area (Å²) in [4.78, 5) is 11.7. The first kappa shape index (κ1) is 12.1. The summed E-state index contributed by atoms with van der Waals surface area (Å²) in [6, 6.07) is 6.96. The van der Waals surface area contributed by atoms with Crippen LogP contribution in [0.1, 0.15) is 15.9 Å². The molecule has 92 valence electrons. The molecule has 0 fully saturated rings. The Labute approximate surface area is 99.9 Å². The van der Waals surface area contributed by atoms with Gasteiger partial charge in [0, 0.05) is 5.56 Å². The molecule has 2 rings (SSSR count). The highest BCUT2D eigenvalue weighted by Gasteiger charge is 2.24. The van der Waals surface area contributed by atoms with Gasteiger partial charge in [0.2, 0.25) is 0 Å². The topological polar surface area (TPSA) is 72.5 Å². The molecule has 1 aliphatic heterocycles. The number of carbonyl (C=O) groups is 1. The number of hydrogen-bond donors (Lipinski definition) is 1. The summed E-state index contributed by atoms with van der Waals surface area (Å²) in [5, 5.41) is 2.72. The van der Waals surface area contributed by atoms with E-state index in [0.717, 1.165) is 11.8 Å². The van der Waals surface area contributed by atoms with E-state index in [0.29, 0.717) is 12.0 Å². The van der Waals surface area contributed by atoms with Gasteiger partial charge >= 0.3 is 0 Å². The smallest absolute Gasteiger partial charge is 0.264 e. The maximum Gasteiger partial charge on any atom is 0.264 e. The van der Waals surface area contributed by atoms with Crippen LogP contribution in [0.3, 0.4) is 0 Å². The molecule has 0 bridgehead atoms. The maximum atomic E-state index is 11.7. The van der Waals surface area contributed by atoms with Gasteiger partial charge in [-0.2, -0.15) is 8.42 Å². The van der Waals surface area contributed by atoms with E-state index in [9.17, 15) is 13.2 Å². The Morgan fingerprint density at radius 3 is 2.82 bits per heavy atom. The lowest BCUT2D eigenvalue weighted by Crippen LogP contribution is -2.44. The van der Waals surface area contributed by atoms with Gasteiger partial charge < -0.3 is 5.32 Å². The minimum atomic E-state index is -3.47. The summed E-state index contributed by atoms with van der Waals surface area (Å²) < 4.78 is 26.4. The van der Waals surface area contributed by atoms with Crippen LogP contribution in [-0.4, -0.2) is 33.2 Å². The molecule has 1 amide bonds. The van der Waals surface area contributed by atoms with Gasteiger partial charge in [0.15, 0.2) is 0 Å².